The molecular formula is C12H21NOS2. The molecule has 0 aromatic carbocycles. The highest BCUT2D eigenvalue weighted by atomic mass is 32.2. The molecule has 1 fully saturated rings. The molecule has 0 radical (unpaired) electrons. The standard InChI is InChI=1S/C12H21NOS2/c1-8-9(2)16-11(7-15-8)12(13)10-5-3-4-6-14-10/h5,8-9,11-12H,3-4,6-7,13H2,1-2H3. The second kappa shape index (κ2) is 5.69. The van der Waals surface area contributed by atoms with Gasteiger partial charge in [0.15, 0.2) is 0 Å². The van der Waals surface area contributed by atoms with Gasteiger partial charge in [-0.1, -0.05) is 13.8 Å². The fraction of sp³-hybridized carbons (Fsp3) is 0.833. The van der Waals surface area contributed by atoms with Crippen LogP contribution in [0.25, 0.3) is 0 Å². The lowest BCUT2D eigenvalue weighted by atomic mass is 10.1. The van der Waals surface area contributed by atoms with Crippen LogP contribution in [0.1, 0.15) is 26.7 Å². The third-order valence-electron chi connectivity index (χ3n) is 3.27. The smallest absolute Gasteiger partial charge is 0.110 e. The Hall–Kier alpha value is 0.200. The molecule has 4 atom stereocenters. The number of thioether (sulfide) groups is 2. The lowest BCUT2D eigenvalue weighted by Crippen LogP contribution is -2.42. The summed E-state index contributed by atoms with van der Waals surface area (Å²) in [6.07, 6.45) is 4.44. The molecule has 92 valence electrons. The first-order valence-corrected chi connectivity index (χ1v) is 8.03. The van der Waals surface area contributed by atoms with Crippen molar-refractivity contribution in [1.82, 2.24) is 0 Å². The van der Waals surface area contributed by atoms with Gasteiger partial charge in [-0.2, -0.15) is 23.5 Å². The Morgan fingerprint density at radius 3 is 2.88 bits per heavy atom. The normalized spacial score (nSPS) is 37.4. The number of rotatable bonds is 2. The highest BCUT2D eigenvalue weighted by molar-refractivity contribution is 8.07. The molecule has 0 spiro atoms. The van der Waals surface area contributed by atoms with E-state index in [0.717, 1.165) is 36.2 Å². The molecule has 2 N–H and O–H groups in total. The van der Waals surface area contributed by atoms with E-state index in [4.69, 9.17) is 10.5 Å². The molecule has 0 saturated carbocycles. The molecule has 0 bridgehead atoms. The SMILES string of the molecule is CC1SCC(C(N)C2=CCCCO2)SC1C. The molecule has 0 aromatic rings. The predicted molar refractivity (Wildman–Crippen MR) is 74.0 cm³/mol. The zero-order valence-corrected chi connectivity index (χ0v) is 11.7. The van der Waals surface area contributed by atoms with Crippen LogP contribution < -0.4 is 5.73 Å². The van der Waals surface area contributed by atoms with Crippen LogP contribution >= 0.6 is 23.5 Å². The van der Waals surface area contributed by atoms with Crippen molar-refractivity contribution in [3.05, 3.63) is 11.8 Å². The first kappa shape index (κ1) is 12.7. The molecule has 1 saturated heterocycles. The summed E-state index contributed by atoms with van der Waals surface area (Å²) in [5.41, 5.74) is 6.30. The van der Waals surface area contributed by atoms with Gasteiger partial charge in [-0.15, -0.1) is 0 Å². The summed E-state index contributed by atoms with van der Waals surface area (Å²) in [5.74, 6) is 2.18. The van der Waals surface area contributed by atoms with Crippen molar-refractivity contribution < 1.29 is 4.74 Å². The topological polar surface area (TPSA) is 35.2 Å². The Labute approximate surface area is 107 Å². The highest BCUT2D eigenvalue weighted by Crippen LogP contribution is 2.38. The van der Waals surface area contributed by atoms with Gasteiger partial charge in [0.1, 0.15) is 5.76 Å². The molecule has 0 amide bonds. The summed E-state index contributed by atoms with van der Waals surface area (Å²) in [7, 11) is 0. The summed E-state index contributed by atoms with van der Waals surface area (Å²) in [6.45, 7) is 5.45. The predicted octanol–water partition coefficient (Wildman–Crippen LogP) is 2.63. The molecule has 2 nitrogen and oxygen atoms in total. The molecule has 2 rings (SSSR count). The second-order valence-corrected chi connectivity index (χ2v) is 7.57. The quantitative estimate of drug-likeness (QED) is 0.827. The summed E-state index contributed by atoms with van der Waals surface area (Å²) in [6, 6.07) is 0.0905. The maximum absolute atomic E-state index is 6.30. The second-order valence-electron chi connectivity index (χ2n) is 4.54. The third kappa shape index (κ3) is 2.90. The van der Waals surface area contributed by atoms with Gasteiger partial charge >= 0.3 is 0 Å². The lowest BCUT2D eigenvalue weighted by molar-refractivity contribution is 0.175. The summed E-state index contributed by atoms with van der Waals surface area (Å²) in [4.78, 5) is 0. The maximum atomic E-state index is 6.30. The molecule has 0 aliphatic carbocycles. The molecule has 2 heterocycles. The van der Waals surface area contributed by atoms with Crippen molar-refractivity contribution in [3.8, 4) is 0 Å². The van der Waals surface area contributed by atoms with Gasteiger partial charge in [-0.05, 0) is 18.9 Å². The fourth-order valence-corrected chi connectivity index (χ4v) is 5.01. The van der Waals surface area contributed by atoms with E-state index >= 15 is 0 Å². The van der Waals surface area contributed by atoms with Crippen molar-refractivity contribution in [1.29, 1.82) is 0 Å². The first-order chi connectivity index (χ1) is 7.68. The van der Waals surface area contributed by atoms with Crippen LogP contribution in [0.4, 0.5) is 0 Å². The van der Waals surface area contributed by atoms with Crippen LogP contribution in [-0.2, 0) is 4.74 Å². The van der Waals surface area contributed by atoms with Gasteiger partial charge in [0.25, 0.3) is 0 Å². The summed E-state index contributed by atoms with van der Waals surface area (Å²) < 4.78 is 5.67. The third-order valence-corrected chi connectivity index (χ3v) is 6.78. The van der Waals surface area contributed by atoms with Gasteiger partial charge in [-0.25, -0.2) is 0 Å². The van der Waals surface area contributed by atoms with Gasteiger partial charge in [0.2, 0.25) is 0 Å². The lowest BCUT2D eigenvalue weighted by Gasteiger charge is -2.35. The zero-order valence-electron chi connectivity index (χ0n) is 10.0. The average Bonchev–Trinajstić information content (AvgIpc) is 2.33. The number of allylic oxidation sites excluding steroid dienone is 1. The van der Waals surface area contributed by atoms with E-state index in [1.165, 1.54) is 0 Å². The van der Waals surface area contributed by atoms with E-state index in [2.05, 4.69) is 19.9 Å². The molecule has 16 heavy (non-hydrogen) atoms. The minimum atomic E-state index is 0.0905. The van der Waals surface area contributed by atoms with Gasteiger partial charge in [0.05, 0.1) is 12.6 Å². The van der Waals surface area contributed by atoms with E-state index in [0.29, 0.717) is 10.5 Å². The Morgan fingerprint density at radius 1 is 1.44 bits per heavy atom. The zero-order chi connectivity index (χ0) is 11.5. The van der Waals surface area contributed by atoms with Crippen LogP contribution in [0.2, 0.25) is 0 Å². The van der Waals surface area contributed by atoms with Crippen LogP contribution in [0.5, 0.6) is 0 Å². The maximum Gasteiger partial charge on any atom is 0.110 e. The van der Waals surface area contributed by atoms with E-state index in [9.17, 15) is 0 Å². The first-order valence-electron chi connectivity index (χ1n) is 6.04. The largest absolute Gasteiger partial charge is 0.497 e. The minimum Gasteiger partial charge on any atom is -0.497 e. The average molecular weight is 259 g/mol. The Kier molecular flexibility index (Phi) is 4.50. The summed E-state index contributed by atoms with van der Waals surface area (Å²) >= 11 is 4.07. The van der Waals surface area contributed by atoms with E-state index in [-0.39, 0.29) is 6.04 Å². The van der Waals surface area contributed by atoms with Gasteiger partial charge in [0, 0.05) is 21.5 Å². The van der Waals surface area contributed by atoms with Crippen LogP contribution in [0.3, 0.4) is 0 Å². The molecule has 2 aliphatic heterocycles. The monoisotopic (exact) mass is 259 g/mol. The van der Waals surface area contributed by atoms with Gasteiger partial charge in [-0.3, -0.25) is 0 Å². The molecule has 4 unspecified atom stereocenters. The number of ether oxygens (including phenoxy) is 1. The molecule has 0 aromatic heterocycles. The van der Waals surface area contributed by atoms with Crippen LogP contribution in [-0.4, -0.2) is 34.2 Å². The van der Waals surface area contributed by atoms with Crippen LogP contribution in [0.15, 0.2) is 11.8 Å². The van der Waals surface area contributed by atoms with Gasteiger partial charge < -0.3 is 10.5 Å². The molecule has 4 heteroatoms. The van der Waals surface area contributed by atoms with Crippen LogP contribution in [0, 0.1) is 0 Å². The molecule has 2 aliphatic rings. The fourth-order valence-electron chi connectivity index (χ4n) is 1.99. The van der Waals surface area contributed by atoms with Crippen molar-refractivity contribution >= 4 is 23.5 Å². The van der Waals surface area contributed by atoms with E-state index in [1.807, 2.05) is 23.5 Å². The molecular weight excluding hydrogens is 238 g/mol. The van der Waals surface area contributed by atoms with Crippen molar-refractivity contribution in [2.45, 2.75) is 48.5 Å². The van der Waals surface area contributed by atoms with E-state index in [1.54, 1.807) is 0 Å². The summed E-state index contributed by atoms with van der Waals surface area (Å²) in [5, 5.41) is 1.95. The van der Waals surface area contributed by atoms with Crippen molar-refractivity contribution in [3.63, 3.8) is 0 Å². The minimum absolute atomic E-state index is 0.0905. The number of hydrogen-bond acceptors (Lipinski definition) is 4. The van der Waals surface area contributed by atoms with Crippen molar-refractivity contribution in [2.24, 2.45) is 5.73 Å². The highest BCUT2D eigenvalue weighted by Gasteiger charge is 2.32. The number of hydrogen-bond donors (Lipinski definition) is 1. The Morgan fingerprint density at radius 2 is 2.25 bits per heavy atom. The van der Waals surface area contributed by atoms with E-state index < -0.39 is 0 Å². The number of nitrogens with two attached hydrogens (primary N) is 1. The van der Waals surface area contributed by atoms with Crippen molar-refractivity contribution in [2.75, 3.05) is 12.4 Å². The Bertz CT molecular complexity index is 270. The Balaban J connectivity index is 1.94.